The molecule has 0 aliphatic carbocycles. The molecule has 0 spiro atoms. The SMILES string of the molecule is CC(C)=CCN1CCC(Nc2cn(C)nc2C)CC1. The molecule has 1 aliphatic rings. The van der Waals surface area contributed by atoms with Gasteiger partial charge in [0.25, 0.3) is 0 Å². The molecule has 0 amide bonds. The van der Waals surface area contributed by atoms with Crippen molar-refractivity contribution in [1.82, 2.24) is 14.7 Å². The highest BCUT2D eigenvalue weighted by Crippen LogP contribution is 2.18. The minimum absolute atomic E-state index is 0.589. The van der Waals surface area contributed by atoms with Gasteiger partial charge >= 0.3 is 0 Å². The summed E-state index contributed by atoms with van der Waals surface area (Å²) in [5, 5.41) is 8.01. The maximum atomic E-state index is 4.38. The second-order valence-electron chi connectivity index (χ2n) is 5.80. The Balaban J connectivity index is 1.80. The zero-order chi connectivity index (χ0) is 13.8. The molecule has 0 bridgehead atoms. The maximum Gasteiger partial charge on any atom is 0.0825 e. The number of hydrogen-bond donors (Lipinski definition) is 1. The average Bonchev–Trinajstić information content (AvgIpc) is 2.67. The number of hydrogen-bond acceptors (Lipinski definition) is 3. The van der Waals surface area contributed by atoms with Crippen molar-refractivity contribution in [3.05, 3.63) is 23.5 Å². The lowest BCUT2D eigenvalue weighted by molar-refractivity contribution is 0.240. The molecule has 19 heavy (non-hydrogen) atoms. The van der Waals surface area contributed by atoms with Gasteiger partial charge in [0, 0.05) is 38.9 Å². The highest BCUT2D eigenvalue weighted by Gasteiger charge is 2.19. The summed E-state index contributed by atoms with van der Waals surface area (Å²) < 4.78 is 1.88. The lowest BCUT2D eigenvalue weighted by Gasteiger charge is -2.32. The topological polar surface area (TPSA) is 33.1 Å². The molecule has 1 N–H and O–H groups in total. The highest BCUT2D eigenvalue weighted by molar-refractivity contribution is 5.46. The first-order valence-corrected chi connectivity index (χ1v) is 7.17. The Bertz CT molecular complexity index is 435. The van der Waals surface area contributed by atoms with E-state index in [1.165, 1.54) is 37.2 Å². The number of nitrogens with zero attached hydrogens (tertiary/aromatic N) is 3. The van der Waals surface area contributed by atoms with Crippen LogP contribution in [0.15, 0.2) is 17.8 Å². The van der Waals surface area contributed by atoms with Crippen molar-refractivity contribution in [2.75, 3.05) is 25.0 Å². The van der Waals surface area contributed by atoms with Crippen LogP contribution in [0.4, 0.5) is 5.69 Å². The first-order valence-electron chi connectivity index (χ1n) is 7.17. The van der Waals surface area contributed by atoms with E-state index in [4.69, 9.17) is 0 Å². The van der Waals surface area contributed by atoms with Crippen LogP contribution in [0, 0.1) is 6.92 Å². The Morgan fingerprint density at radius 3 is 2.63 bits per heavy atom. The summed E-state index contributed by atoms with van der Waals surface area (Å²) in [5.74, 6) is 0. The van der Waals surface area contributed by atoms with Crippen LogP contribution in [0.1, 0.15) is 32.4 Å². The Morgan fingerprint density at radius 1 is 1.42 bits per heavy atom. The van der Waals surface area contributed by atoms with E-state index in [9.17, 15) is 0 Å². The van der Waals surface area contributed by atoms with Crippen LogP contribution in [0.3, 0.4) is 0 Å². The molecule has 0 atom stereocenters. The molecule has 1 fully saturated rings. The quantitative estimate of drug-likeness (QED) is 0.847. The Labute approximate surface area is 116 Å². The minimum Gasteiger partial charge on any atom is -0.379 e. The maximum absolute atomic E-state index is 4.38. The van der Waals surface area contributed by atoms with Crippen LogP contribution >= 0.6 is 0 Å². The van der Waals surface area contributed by atoms with Gasteiger partial charge in [0.1, 0.15) is 0 Å². The summed E-state index contributed by atoms with van der Waals surface area (Å²) >= 11 is 0. The van der Waals surface area contributed by atoms with Crippen LogP contribution in [0.5, 0.6) is 0 Å². The van der Waals surface area contributed by atoms with Crippen molar-refractivity contribution in [3.63, 3.8) is 0 Å². The highest BCUT2D eigenvalue weighted by atomic mass is 15.3. The van der Waals surface area contributed by atoms with E-state index in [2.05, 4.69) is 48.4 Å². The van der Waals surface area contributed by atoms with E-state index < -0.39 is 0 Å². The number of likely N-dealkylation sites (tertiary alicyclic amines) is 1. The molecule has 0 radical (unpaired) electrons. The predicted molar refractivity (Wildman–Crippen MR) is 80.5 cm³/mol. The van der Waals surface area contributed by atoms with Crippen molar-refractivity contribution in [3.8, 4) is 0 Å². The fourth-order valence-electron chi connectivity index (χ4n) is 2.53. The molecule has 106 valence electrons. The summed E-state index contributed by atoms with van der Waals surface area (Å²) in [6, 6.07) is 0.589. The third-order valence-corrected chi connectivity index (χ3v) is 3.72. The fraction of sp³-hybridized carbons (Fsp3) is 0.667. The zero-order valence-corrected chi connectivity index (χ0v) is 12.6. The molecule has 1 aromatic rings. The van der Waals surface area contributed by atoms with Gasteiger partial charge in [0.05, 0.1) is 11.4 Å². The van der Waals surface area contributed by atoms with Gasteiger partial charge in [-0.2, -0.15) is 5.10 Å². The zero-order valence-electron chi connectivity index (χ0n) is 12.6. The number of aromatic nitrogens is 2. The van der Waals surface area contributed by atoms with E-state index in [1.807, 2.05) is 11.7 Å². The van der Waals surface area contributed by atoms with Crippen LogP contribution in [-0.2, 0) is 7.05 Å². The van der Waals surface area contributed by atoms with Crippen molar-refractivity contribution in [2.45, 2.75) is 39.7 Å². The molecule has 1 aliphatic heterocycles. The van der Waals surface area contributed by atoms with Gasteiger partial charge in [-0.3, -0.25) is 9.58 Å². The predicted octanol–water partition coefficient (Wildman–Crippen LogP) is 2.57. The van der Waals surface area contributed by atoms with E-state index in [0.29, 0.717) is 6.04 Å². The first kappa shape index (κ1) is 14.1. The van der Waals surface area contributed by atoms with Gasteiger partial charge in [-0.05, 0) is 33.6 Å². The van der Waals surface area contributed by atoms with E-state index in [-0.39, 0.29) is 0 Å². The summed E-state index contributed by atoms with van der Waals surface area (Å²) in [6.45, 7) is 9.85. The molecule has 0 aromatic carbocycles. The normalized spacial score (nSPS) is 17.5. The molecule has 2 heterocycles. The number of rotatable bonds is 4. The minimum atomic E-state index is 0.589. The second kappa shape index (κ2) is 6.24. The molecule has 1 saturated heterocycles. The average molecular weight is 262 g/mol. The Hall–Kier alpha value is -1.29. The van der Waals surface area contributed by atoms with Crippen molar-refractivity contribution in [2.24, 2.45) is 7.05 Å². The van der Waals surface area contributed by atoms with Crippen LogP contribution in [0.25, 0.3) is 0 Å². The lowest BCUT2D eigenvalue weighted by Crippen LogP contribution is -2.39. The van der Waals surface area contributed by atoms with Gasteiger partial charge in [0.15, 0.2) is 0 Å². The molecule has 1 aromatic heterocycles. The molecule has 0 unspecified atom stereocenters. The monoisotopic (exact) mass is 262 g/mol. The fourth-order valence-corrected chi connectivity index (χ4v) is 2.53. The first-order chi connectivity index (χ1) is 9.04. The van der Waals surface area contributed by atoms with Gasteiger partial charge in [-0.1, -0.05) is 11.6 Å². The molecule has 0 saturated carbocycles. The Morgan fingerprint density at radius 2 is 2.11 bits per heavy atom. The standard InChI is InChI=1S/C15H26N4/c1-12(2)5-8-19-9-6-14(7-10-19)16-15-11-18(4)17-13(15)3/h5,11,14,16H,6-10H2,1-4H3. The number of aryl methyl sites for hydroxylation is 2. The van der Waals surface area contributed by atoms with Crippen molar-refractivity contribution >= 4 is 5.69 Å². The van der Waals surface area contributed by atoms with Crippen LogP contribution in [0.2, 0.25) is 0 Å². The van der Waals surface area contributed by atoms with E-state index in [1.54, 1.807) is 0 Å². The van der Waals surface area contributed by atoms with E-state index in [0.717, 1.165) is 12.2 Å². The van der Waals surface area contributed by atoms with Gasteiger partial charge < -0.3 is 5.32 Å². The number of anilines is 1. The van der Waals surface area contributed by atoms with Gasteiger partial charge in [-0.25, -0.2) is 0 Å². The number of allylic oxidation sites excluding steroid dienone is 1. The molecule has 4 nitrogen and oxygen atoms in total. The Kier molecular flexibility index (Phi) is 4.64. The number of piperidine rings is 1. The van der Waals surface area contributed by atoms with E-state index >= 15 is 0 Å². The summed E-state index contributed by atoms with van der Waals surface area (Å²) in [7, 11) is 1.97. The number of nitrogens with one attached hydrogen (secondary N) is 1. The molecular weight excluding hydrogens is 236 g/mol. The summed E-state index contributed by atoms with van der Waals surface area (Å²) in [6.07, 6.45) is 6.82. The molecular formula is C15H26N4. The third-order valence-electron chi connectivity index (χ3n) is 3.72. The van der Waals surface area contributed by atoms with Crippen molar-refractivity contribution in [1.29, 1.82) is 0 Å². The van der Waals surface area contributed by atoms with Gasteiger partial charge in [-0.15, -0.1) is 0 Å². The second-order valence-corrected chi connectivity index (χ2v) is 5.80. The third kappa shape index (κ3) is 4.10. The molecule has 4 heteroatoms. The smallest absolute Gasteiger partial charge is 0.0825 e. The van der Waals surface area contributed by atoms with Crippen LogP contribution in [-0.4, -0.2) is 40.4 Å². The largest absolute Gasteiger partial charge is 0.379 e. The molecule has 2 rings (SSSR count). The summed E-state index contributed by atoms with van der Waals surface area (Å²) in [4.78, 5) is 2.53. The van der Waals surface area contributed by atoms with Crippen molar-refractivity contribution < 1.29 is 0 Å². The lowest BCUT2D eigenvalue weighted by atomic mass is 10.0. The van der Waals surface area contributed by atoms with Crippen LogP contribution < -0.4 is 5.32 Å². The van der Waals surface area contributed by atoms with Gasteiger partial charge in [0.2, 0.25) is 0 Å². The summed E-state index contributed by atoms with van der Waals surface area (Å²) in [5.41, 5.74) is 3.69.